The van der Waals surface area contributed by atoms with Gasteiger partial charge in [-0.15, -0.1) is 5.06 Å². The molecular formula is C44H58N8O13. The van der Waals surface area contributed by atoms with Gasteiger partial charge in [0.2, 0.25) is 40.3 Å². The molecule has 21 heteroatoms. The van der Waals surface area contributed by atoms with Gasteiger partial charge < -0.3 is 51.0 Å². The van der Waals surface area contributed by atoms with Gasteiger partial charge in [0.25, 0.3) is 11.8 Å². The van der Waals surface area contributed by atoms with Gasteiger partial charge in [0, 0.05) is 106 Å². The summed E-state index contributed by atoms with van der Waals surface area (Å²) < 4.78 is 3.23. The molecule has 3 heterocycles. The zero-order valence-corrected chi connectivity index (χ0v) is 37.4. The Kier molecular flexibility index (Phi) is 17.7. The van der Waals surface area contributed by atoms with Crippen LogP contribution in [-0.4, -0.2) is 103 Å². The zero-order valence-electron chi connectivity index (χ0n) is 37.4. The Hall–Kier alpha value is -6.87. The number of nitrogens with one attached hydrogen (secondary N) is 5. The molecule has 8 N–H and O–H groups in total. The number of hydrogen-bond acceptors (Lipinski definition) is 14. The lowest BCUT2D eigenvalue weighted by Crippen LogP contribution is -2.51. The second-order valence-electron chi connectivity index (χ2n) is 16.2. The van der Waals surface area contributed by atoms with Crippen LogP contribution in [0.15, 0.2) is 56.9 Å². The third kappa shape index (κ3) is 13.6. The number of carbonyl (C=O) groups is 7. The maximum atomic E-state index is 13.7. The molecule has 6 amide bonds. The molecule has 2 aliphatic rings. The molecule has 0 saturated carbocycles. The van der Waals surface area contributed by atoms with Crippen LogP contribution in [0.25, 0.3) is 0 Å². The Balaban J connectivity index is 1.53. The van der Waals surface area contributed by atoms with Gasteiger partial charge in [-0.05, 0) is 59.1 Å². The van der Waals surface area contributed by atoms with E-state index in [0.717, 1.165) is 12.2 Å². The third-order valence-corrected chi connectivity index (χ3v) is 11.7. The van der Waals surface area contributed by atoms with Crippen molar-refractivity contribution in [2.24, 2.45) is 20.0 Å². The van der Waals surface area contributed by atoms with Crippen LogP contribution in [0.1, 0.15) is 81.6 Å². The Morgan fingerprint density at radius 1 is 0.692 bits per heavy atom. The molecule has 65 heavy (non-hydrogen) atoms. The predicted molar refractivity (Wildman–Crippen MR) is 233 cm³/mol. The minimum absolute atomic E-state index is 0.0111. The molecular weight excluding hydrogens is 849 g/mol. The number of aliphatic hydroxyl groups is 1. The van der Waals surface area contributed by atoms with Gasteiger partial charge in [0.1, 0.15) is 0 Å². The number of nitrogens with zero attached hydrogens (tertiary/aromatic N) is 3. The van der Waals surface area contributed by atoms with Gasteiger partial charge >= 0.3 is 0 Å². The number of pyridine rings is 2. The molecule has 0 bridgehead atoms. The molecule has 1 aliphatic heterocycles. The van der Waals surface area contributed by atoms with Crippen molar-refractivity contribution in [3.8, 4) is 11.5 Å². The summed E-state index contributed by atoms with van der Waals surface area (Å²) in [6, 6.07) is 2.58. The lowest BCUT2D eigenvalue weighted by atomic mass is 9.83. The molecule has 352 valence electrons. The summed E-state index contributed by atoms with van der Waals surface area (Å²) >= 11 is 0. The van der Waals surface area contributed by atoms with Crippen LogP contribution in [0.5, 0.6) is 11.5 Å². The second kappa shape index (κ2) is 22.7. The topological polar surface area (TPSA) is 297 Å². The largest absolute Gasteiger partial charge is 0.504 e. The Morgan fingerprint density at radius 2 is 1.23 bits per heavy atom. The van der Waals surface area contributed by atoms with E-state index < -0.39 is 81.5 Å². The minimum atomic E-state index is -1.25. The first-order valence-corrected chi connectivity index (χ1v) is 21.1. The number of aromatic hydroxyl groups is 2. The van der Waals surface area contributed by atoms with Crippen molar-refractivity contribution in [2.75, 3.05) is 26.2 Å². The molecule has 4 rings (SSSR count). The summed E-state index contributed by atoms with van der Waals surface area (Å²) in [5, 5.41) is 46.0. The molecule has 2 aromatic heterocycles. The van der Waals surface area contributed by atoms with Crippen LogP contribution in [-0.2, 0) is 65.6 Å². The van der Waals surface area contributed by atoms with Crippen LogP contribution in [0.3, 0.4) is 0 Å². The number of imide groups is 1. The van der Waals surface area contributed by atoms with Crippen molar-refractivity contribution in [1.29, 1.82) is 0 Å². The van der Waals surface area contributed by atoms with Gasteiger partial charge in [-0.2, -0.15) is 0 Å². The van der Waals surface area contributed by atoms with Gasteiger partial charge in [-0.3, -0.25) is 48.0 Å². The lowest BCUT2D eigenvalue weighted by molar-refractivity contribution is -0.186. The number of aryl methyl sites for hydroxylation is 2. The summed E-state index contributed by atoms with van der Waals surface area (Å²) in [6.07, 6.45) is 3.14. The molecule has 0 spiro atoms. The molecule has 0 saturated heterocycles. The summed E-state index contributed by atoms with van der Waals surface area (Å²) in [6.45, 7) is 6.10. The van der Waals surface area contributed by atoms with Gasteiger partial charge in [-0.1, -0.05) is 12.5 Å². The van der Waals surface area contributed by atoms with Gasteiger partial charge in [0.15, 0.2) is 23.9 Å². The Bertz CT molecular complexity index is 2410. The first-order chi connectivity index (χ1) is 30.6. The minimum Gasteiger partial charge on any atom is -0.504 e. The van der Waals surface area contributed by atoms with Crippen molar-refractivity contribution in [2.45, 2.75) is 91.3 Å². The highest BCUT2D eigenvalue weighted by atomic mass is 16.7. The number of aromatic nitrogens is 2. The summed E-state index contributed by atoms with van der Waals surface area (Å²) in [5.74, 6) is -6.06. The van der Waals surface area contributed by atoms with Crippen molar-refractivity contribution in [1.82, 2.24) is 40.8 Å². The molecule has 0 radical (unpaired) electrons. The van der Waals surface area contributed by atoms with Crippen LogP contribution >= 0.6 is 0 Å². The molecule has 21 nitrogen and oxygen atoms in total. The van der Waals surface area contributed by atoms with E-state index in [1.54, 1.807) is 50.9 Å². The SMILES string of the molecule is CC1=CC(=O)C(O)=C(CNC(=O)CCC(CCCNCc2c(O)c(=O)cc(C)n2C)(CCC(=O)NCc2c(O)c(=O)cc(C)n2C)NC(=O)CCNC(=O)CON2C(=O)C=CC2=O)C1C. The van der Waals surface area contributed by atoms with Crippen LogP contribution < -0.4 is 37.4 Å². The standard InChI is InChI=1S/C44H58N8O13/c1-25-18-32(53)41(62)29(28(25)4)21-47-35(56)10-14-44(13-7-16-45-22-30-42(63)33(54)19-26(2)50(30)5,15-11-36(57)48-23-31-43(64)34(55)20-27(3)51(31)6)49-37(58)12-17-46-38(59)24-65-52-39(60)8-9-40(52)61/h8-9,18-20,28,45,62-64H,7,10-17,21-24H2,1-6H3,(H,46,59)(H,47,56)(H,48,57)(H,49,58). The maximum Gasteiger partial charge on any atom is 0.277 e. The van der Waals surface area contributed by atoms with Crippen molar-refractivity contribution in [3.63, 3.8) is 0 Å². The first-order valence-electron chi connectivity index (χ1n) is 21.1. The summed E-state index contributed by atoms with van der Waals surface area (Å²) in [5.41, 5.74) is 0.347. The smallest absolute Gasteiger partial charge is 0.277 e. The van der Waals surface area contributed by atoms with E-state index in [4.69, 9.17) is 4.84 Å². The number of allylic oxidation sites excluding steroid dienone is 2. The van der Waals surface area contributed by atoms with E-state index in [1.165, 1.54) is 18.2 Å². The Labute approximate surface area is 374 Å². The highest BCUT2D eigenvalue weighted by Gasteiger charge is 2.34. The van der Waals surface area contributed by atoms with E-state index in [1.807, 2.05) is 0 Å². The molecule has 0 fully saturated rings. The fourth-order valence-electron chi connectivity index (χ4n) is 7.36. The second-order valence-corrected chi connectivity index (χ2v) is 16.2. The fourth-order valence-corrected chi connectivity index (χ4v) is 7.36. The quantitative estimate of drug-likeness (QED) is 0.0545. The number of carbonyl (C=O) groups excluding carboxylic acids is 7. The molecule has 2 aromatic rings. The van der Waals surface area contributed by atoms with E-state index in [2.05, 4.69) is 26.6 Å². The molecule has 2 atom stereocenters. The highest BCUT2D eigenvalue weighted by molar-refractivity contribution is 6.12. The monoisotopic (exact) mass is 906 g/mol. The maximum absolute atomic E-state index is 13.7. The highest BCUT2D eigenvalue weighted by Crippen LogP contribution is 2.29. The number of aliphatic hydroxyl groups excluding tert-OH is 1. The first kappa shape index (κ1) is 50.8. The number of amides is 6. The number of ketones is 1. The predicted octanol–water partition coefficient (Wildman–Crippen LogP) is 0.170. The number of hydroxylamine groups is 2. The van der Waals surface area contributed by atoms with E-state index in [-0.39, 0.29) is 82.9 Å². The van der Waals surface area contributed by atoms with Crippen molar-refractivity contribution < 1.29 is 53.7 Å². The van der Waals surface area contributed by atoms with Gasteiger partial charge in [0.05, 0.1) is 17.9 Å². The van der Waals surface area contributed by atoms with E-state index >= 15 is 0 Å². The lowest BCUT2D eigenvalue weighted by Gasteiger charge is -2.35. The molecule has 2 unspecified atom stereocenters. The molecule has 1 aliphatic carbocycles. The number of rotatable bonds is 23. The van der Waals surface area contributed by atoms with Crippen LogP contribution in [0, 0.1) is 19.8 Å². The number of hydrogen-bond donors (Lipinski definition) is 8. The molecule has 0 aromatic carbocycles. The van der Waals surface area contributed by atoms with E-state index in [0.29, 0.717) is 39.7 Å². The zero-order chi connectivity index (χ0) is 48.2. The van der Waals surface area contributed by atoms with E-state index in [9.17, 15) is 58.5 Å². The van der Waals surface area contributed by atoms with Crippen molar-refractivity contribution in [3.05, 3.63) is 90.5 Å². The third-order valence-electron chi connectivity index (χ3n) is 11.7. The fraction of sp³-hybridized carbons (Fsp3) is 0.477. The average molecular weight is 907 g/mol. The summed E-state index contributed by atoms with van der Waals surface area (Å²) in [4.78, 5) is 118. The Morgan fingerprint density at radius 3 is 1.80 bits per heavy atom. The summed E-state index contributed by atoms with van der Waals surface area (Å²) in [7, 11) is 3.33. The van der Waals surface area contributed by atoms with Crippen LogP contribution in [0.4, 0.5) is 0 Å². The van der Waals surface area contributed by atoms with Gasteiger partial charge in [-0.25, -0.2) is 0 Å². The van der Waals surface area contributed by atoms with Crippen LogP contribution in [0.2, 0.25) is 0 Å². The van der Waals surface area contributed by atoms with Crippen molar-refractivity contribution >= 4 is 41.2 Å². The normalized spacial score (nSPS) is 15.8. The average Bonchev–Trinajstić information content (AvgIpc) is 3.58.